The maximum Gasteiger partial charge on any atom is 0.407 e. The van der Waals surface area contributed by atoms with Gasteiger partial charge in [0.15, 0.2) is 0 Å². The molecule has 0 aliphatic carbocycles. The highest BCUT2D eigenvalue weighted by atomic mass is 16.6. The van der Waals surface area contributed by atoms with Crippen LogP contribution in [0.3, 0.4) is 0 Å². The van der Waals surface area contributed by atoms with Crippen LogP contribution in [0.5, 0.6) is 0 Å². The number of carboxylic acid groups (broad SMARTS) is 1. The van der Waals surface area contributed by atoms with E-state index >= 15 is 0 Å². The zero-order chi connectivity index (χ0) is 12.6. The zero-order valence-electron chi connectivity index (χ0n) is 10.0. The Bertz CT molecular complexity index is 235. The van der Waals surface area contributed by atoms with Crippen molar-refractivity contribution >= 4 is 12.2 Å². The van der Waals surface area contributed by atoms with Crippen molar-refractivity contribution in [2.75, 3.05) is 13.1 Å². The second-order valence-corrected chi connectivity index (χ2v) is 4.37. The summed E-state index contributed by atoms with van der Waals surface area (Å²) in [5, 5.41) is 13.1. The fourth-order valence-corrected chi connectivity index (χ4v) is 0.950. The number of hydrogen-bond donors (Lipinski definition) is 3. The van der Waals surface area contributed by atoms with Crippen LogP contribution in [0.1, 0.15) is 33.6 Å². The molecule has 0 rings (SSSR count). The van der Waals surface area contributed by atoms with Gasteiger partial charge in [0.25, 0.3) is 0 Å². The summed E-state index contributed by atoms with van der Waals surface area (Å²) in [5.74, 6) is 0. The van der Waals surface area contributed by atoms with Gasteiger partial charge in [-0.3, -0.25) is 0 Å². The van der Waals surface area contributed by atoms with Crippen LogP contribution in [0, 0.1) is 0 Å². The molecule has 0 unspecified atom stereocenters. The molecule has 2 amide bonds. The lowest BCUT2D eigenvalue weighted by atomic mass is 10.2. The lowest BCUT2D eigenvalue weighted by molar-refractivity contribution is 0.0527. The van der Waals surface area contributed by atoms with E-state index in [1.54, 1.807) is 20.8 Å². The van der Waals surface area contributed by atoms with Crippen LogP contribution < -0.4 is 10.6 Å². The second kappa shape index (κ2) is 6.92. The van der Waals surface area contributed by atoms with E-state index in [1.165, 1.54) is 0 Å². The van der Waals surface area contributed by atoms with Crippen molar-refractivity contribution in [1.29, 1.82) is 0 Å². The summed E-state index contributed by atoms with van der Waals surface area (Å²) in [6.45, 7) is 6.26. The maximum atomic E-state index is 11.2. The molecule has 6 nitrogen and oxygen atoms in total. The minimum atomic E-state index is -1.03. The number of alkyl carbamates (subject to hydrolysis) is 1. The highest BCUT2D eigenvalue weighted by Crippen LogP contribution is 2.06. The summed E-state index contributed by atoms with van der Waals surface area (Å²) in [6, 6.07) is 0. The second-order valence-electron chi connectivity index (χ2n) is 4.37. The first-order chi connectivity index (χ1) is 7.31. The van der Waals surface area contributed by atoms with E-state index in [0.29, 0.717) is 25.9 Å². The normalized spacial score (nSPS) is 10.7. The van der Waals surface area contributed by atoms with Crippen molar-refractivity contribution in [2.24, 2.45) is 0 Å². The van der Waals surface area contributed by atoms with Gasteiger partial charge in [0.2, 0.25) is 0 Å². The summed E-state index contributed by atoms with van der Waals surface area (Å²) in [6.07, 6.45) is -0.0828. The highest BCUT2D eigenvalue weighted by Gasteiger charge is 2.15. The summed E-state index contributed by atoms with van der Waals surface area (Å²) < 4.78 is 5.02. The SMILES string of the molecule is CC(C)(C)OC(=O)NCCCCNC(=O)O. The molecule has 6 heteroatoms. The molecule has 3 N–H and O–H groups in total. The average molecular weight is 232 g/mol. The molecule has 16 heavy (non-hydrogen) atoms. The third-order valence-corrected chi connectivity index (χ3v) is 1.55. The predicted octanol–water partition coefficient (Wildman–Crippen LogP) is 1.56. The first-order valence-corrected chi connectivity index (χ1v) is 5.25. The Balaban J connectivity index is 3.38. The molecule has 0 spiro atoms. The lowest BCUT2D eigenvalue weighted by Gasteiger charge is -2.19. The van der Waals surface area contributed by atoms with E-state index in [2.05, 4.69) is 10.6 Å². The first kappa shape index (κ1) is 14.5. The summed E-state index contributed by atoms with van der Waals surface area (Å²) >= 11 is 0. The lowest BCUT2D eigenvalue weighted by Crippen LogP contribution is -2.33. The van der Waals surface area contributed by atoms with E-state index < -0.39 is 17.8 Å². The monoisotopic (exact) mass is 232 g/mol. The van der Waals surface area contributed by atoms with Gasteiger partial charge in [-0.1, -0.05) is 0 Å². The van der Waals surface area contributed by atoms with Crippen molar-refractivity contribution in [3.8, 4) is 0 Å². The predicted molar refractivity (Wildman–Crippen MR) is 59.5 cm³/mol. The Morgan fingerprint density at radius 3 is 2.06 bits per heavy atom. The van der Waals surface area contributed by atoms with Gasteiger partial charge >= 0.3 is 12.2 Å². The largest absolute Gasteiger partial charge is 0.465 e. The van der Waals surface area contributed by atoms with Gasteiger partial charge in [-0.2, -0.15) is 0 Å². The maximum absolute atomic E-state index is 11.2. The molecule has 0 saturated heterocycles. The molecule has 0 radical (unpaired) electrons. The molecule has 0 aliphatic heterocycles. The summed E-state index contributed by atoms with van der Waals surface area (Å²) in [5.41, 5.74) is -0.491. The summed E-state index contributed by atoms with van der Waals surface area (Å²) in [7, 11) is 0. The molecule has 0 aliphatic rings. The number of rotatable bonds is 5. The van der Waals surface area contributed by atoms with Gasteiger partial charge in [0.05, 0.1) is 0 Å². The van der Waals surface area contributed by atoms with Crippen LogP contribution in [0.2, 0.25) is 0 Å². The molecule has 94 valence electrons. The third-order valence-electron chi connectivity index (χ3n) is 1.55. The third kappa shape index (κ3) is 10.6. The molecular weight excluding hydrogens is 212 g/mol. The molecule has 0 bridgehead atoms. The smallest absolute Gasteiger partial charge is 0.407 e. The molecule has 0 saturated carbocycles. The number of amides is 2. The Morgan fingerprint density at radius 2 is 1.62 bits per heavy atom. The van der Waals surface area contributed by atoms with Crippen molar-refractivity contribution in [3.05, 3.63) is 0 Å². The van der Waals surface area contributed by atoms with Crippen LogP contribution >= 0.6 is 0 Å². The number of ether oxygens (including phenoxy) is 1. The fourth-order valence-electron chi connectivity index (χ4n) is 0.950. The van der Waals surface area contributed by atoms with Gasteiger partial charge < -0.3 is 20.5 Å². The molecule has 0 fully saturated rings. The number of unbranched alkanes of at least 4 members (excludes halogenated alkanes) is 1. The number of hydrogen-bond acceptors (Lipinski definition) is 3. The van der Waals surface area contributed by atoms with Gasteiger partial charge in [0, 0.05) is 13.1 Å². The standard InChI is InChI=1S/C10H20N2O4/c1-10(2,3)16-9(15)12-7-5-4-6-11-8(13)14/h11H,4-7H2,1-3H3,(H,12,15)(H,13,14). The quantitative estimate of drug-likeness (QED) is 0.628. The Hall–Kier alpha value is -1.46. The van der Waals surface area contributed by atoms with Crippen molar-refractivity contribution in [2.45, 2.75) is 39.2 Å². The van der Waals surface area contributed by atoms with Crippen molar-refractivity contribution in [1.82, 2.24) is 10.6 Å². The van der Waals surface area contributed by atoms with Gasteiger partial charge in [-0.15, -0.1) is 0 Å². The van der Waals surface area contributed by atoms with Crippen LogP contribution in [0.15, 0.2) is 0 Å². The number of carbonyl (C=O) groups excluding carboxylic acids is 1. The van der Waals surface area contributed by atoms with Gasteiger partial charge in [-0.25, -0.2) is 9.59 Å². The molecule has 0 aromatic heterocycles. The minimum absolute atomic E-state index is 0.394. The van der Waals surface area contributed by atoms with E-state index in [-0.39, 0.29) is 0 Å². The van der Waals surface area contributed by atoms with Crippen LogP contribution in [-0.4, -0.2) is 36.0 Å². The topological polar surface area (TPSA) is 87.7 Å². The Kier molecular flexibility index (Phi) is 6.29. The highest BCUT2D eigenvalue weighted by molar-refractivity contribution is 5.67. The minimum Gasteiger partial charge on any atom is -0.465 e. The average Bonchev–Trinajstić information content (AvgIpc) is 2.07. The van der Waals surface area contributed by atoms with Gasteiger partial charge in [0.1, 0.15) is 5.60 Å². The summed E-state index contributed by atoms with van der Waals surface area (Å²) in [4.78, 5) is 21.3. The van der Waals surface area contributed by atoms with Crippen molar-refractivity contribution in [3.63, 3.8) is 0 Å². The van der Waals surface area contributed by atoms with Crippen LogP contribution in [0.25, 0.3) is 0 Å². The molecule has 0 heterocycles. The van der Waals surface area contributed by atoms with Crippen LogP contribution in [0.4, 0.5) is 9.59 Å². The Labute approximate surface area is 95.4 Å². The number of carbonyl (C=O) groups is 2. The van der Waals surface area contributed by atoms with Crippen molar-refractivity contribution < 1.29 is 19.4 Å². The van der Waals surface area contributed by atoms with Gasteiger partial charge in [-0.05, 0) is 33.6 Å². The molecule has 0 aromatic rings. The molecule has 0 atom stereocenters. The number of nitrogens with one attached hydrogen (secondary N) is 2. The first-order valence-electron chi connectivity index (χ1n) is 5.25. The van der Waals surface area contributed by atoms with E-state index in [9.17, 15) is 9.59 Å². The Morgan fingerprint density at radius 1 is 1.12 bits per heavy atom. The fraction of sp³-hybridized carbons (Fsp3) is 0.800. The van der Waals surface area contributed by atoms with E-state index in [4.69, 9.17) is 9.84 Å². The molecular formula is C10H20N2O4. The van der Waals surface area contributed by atoms with E-state index in [1.807, 2.05) is 0 Å². The zero-order valence-corrected chi connectivity index (χ0v) is 10.0. The van der Waals surface area contributed by atoms with Crippen LogP contribution in [-0.2, 0) is 4.74 Å². The molecule has 0 aromatic carbocycles. The van der Waals surface area contributed by atoms with E-state index in [0.717, 1.165) is 0 Å².